The van der Waals surface area contributed by atoms with Gasteiger partial charge in [-0.2, -0.15) is 0 Å². The molecule has 4 nitrogen and oxygen atoms in total. The molecule has 0 atom stereocenters. The Morgan fingerprint density at radius 3 is 2.95 bits per heavy atom. The van der Waals surface area contributed by atoms with Gasteiger partial charge in [-0.15, -0.1) is 11.3 Å². The van der Waals surface area contributed by atoms with Crippen molar-refractivity contribution in [2.45, 2.75) is 24.8 Å². The summed E-state index contributed by atoms with van der Waals surface area (Å²) in [4.78, 5) is 18.3. The first-order valence-electron chi connectivity index (χ1n) is 5.69. The first-order valence-corrected chi connectivity index (χ1v) is 7.87. The molecule has 0 aliphatic heterocycles. The molecule has 3 aromatic rings. The van der Waals surface area contributed by atoms with Crippen molar-refractivity contribution in [3.63, 3.8) is 0 Å². The number of thioether (sulfide) groups is 1. The number of aromatic nitrogens is 4. The predicted octanol–water partition coefficient (Wildman–Crippen LogP) is 3.98. The Labute approximate surface area is 123 Å². The van der Waals surface area contributed by atoms with E-state index in [1.54, 1.807) is 35.5 Å². The lowest BCUT2D eigenvalue weighted by molar-refractivity contribution is 1.03. The molecule has 19 heavy (non-hydrogen) atoms. The van der Waals surface area contributed by atoms with Gasteiger partial charge in [0, 0.05) is 17.3 Å². The molecule has 0 radical (unpaired) electrons. The molecule has 0 spiro atoms. The number of rotatable bonds is 3. The van der Waals surface area contributed by atoms with Crippen molar-refractivity contribution in [3.05, 3.63) is 33.8 Å². The second-order valence-corrected chi connectivity index (χ2v) is 6.60. The molecule has 7 heteroatoms. The lowest BCUT2D eigenvalue weighted by atomic mass is 10.2. The summed E-state index contributed by atoms with van der Waals surface area (Å²) < 4.78 is 0. The van der Waals surface area contributed by atoms with Crippen LogP contribution in [0.25, 0.3) is 10.2 Å². The molecule has 0 fully saturated rings. The summed E-state index contributed by atoms with van der Waals surface area (Å²) in [6.45, 7) is 4.13. The van der Waals surface area contributed by atoms with E-state index in [-0.39, 0.29) is 0 Å². The number of hydrogen-bond donors (Lipinski definition) is 1. The molecule has 0 unspecified atom stereocenters. The number of halogens is 1. The maximum absolute atomic E-state index is 6.26. The van der Waals surface area contributed by atoms with Crippen molar-refractivity contribution in [2.75, 3.05) is 0 Å². The van der Waals surface area contributed by atoms with E-state index in [0.717, 1.165) is 21.2 Å². The first-order chi connectivity index (χ1) is 9.15. The van der Waals surface area contributed by atoms with E-state index >= 15 is 0 Å². The zero-order chi connectivity index (χ0) is 13.4. The van der Waals surface area contributed by atoms with E-state index in [2.05, 4.69) is 33.8 Å². The van der Waals surface area contributed by atoms with Gasteiger partial charge in [0.15, 0.2) is 5.16 Å². The molecule has 0 saturated heterocycles. The maximum atomic E-state index is 6.26. The molecule has 98 valence electrons. The van der Waals surface area contributed by atoms with Crippen LogP contribution in [0.2, 0.25) is 5.15 Å². The van der Waals surface area contributed by atoms with Gasteiger partial charge < -0.3 is 4.98 Å². The highest BCUT2D eigenvalue weighted by Gasteiger charge is 2.13. The van der Waals surface area contributed by atoms with Crippen LogP contribution in [0.3, 0.4) is 0 Å². The van der Waals surface area contributed by atoms with Gasteiger partial charge in [-0.25, -0.2) is 15.0 Å². The molecule has 0 amide bonds. The average molecular weight is 311 g/mol. The highest BCUT2D eigenvalue weighted by atomic mass is 35.5. The Kier molecular flexibility index (Phi) is 3.47. The van der Waals surface area contributed by atoms with E-state index in [1.807, 2.05) is 0 Å². The molecule has 3 heterocycles. The van der Waals surface area contributed by atoms with Gasteiger partial charge >= 0.3 is 0 Å². The minimum atomic E-state index is 0.543. The Bertz CT molecular complexity index is 721. The Morgan fingerprint density at radius 1 is 1.37 bits per heavy atom. The third kappa shape index (κ3) is 2.48. The maximum Gasteiger partial charge on any atom is 0.165 e. The molecule has 0 aliphatic carbocycles. The SMILES string of the molecule is Cc1sc2nc(CSc3ncc[nH]3)nc(Cl)c2c1C. The minimum absolute atomic E-state index is 0.543. The second kappa shape index (κ2) is 5.11. The van der Waals surface area contributed by atoms with Crippen LogP contribution in [0.4, 0.5) is 0 Å². The largest absolute Gasteiger partial charge is 0.340 e. The Balaban J connectivity index is 1.92. The number of thiophene rings is 1. The minimum Gasteiger partial charge on any atom is -0.340 e. The molecular formula is C12H11ClN4S2. The predicted molar refractivity (Wildman–Crippen MR) is 80.0 cm³/mol. The number of aryl methyl sites for hydroxylation is 2. The van der Waals surface area contributed by atoms with Gasteiger partial charge in [-0.05, 0) is 19.4 Å². The standard InChI is InChI=1S/C12H11ClN4S2/c1-6-7(2)19-11-9(6)10(13)16-8(17-11)5-18-12-14-3-4-15-12/h3-4H,5H2,1-2H3,(H,14,15). The molecule has 0 bridgehead atoms. The van der Waals surface area contributed by atoms with Crippen LogP contribution in [-0.2, 0) is 5.75 Å². The number of nitrogens with one attached hydrogen (secondary N) is 1. The molecule has 0 aromatic carbocycles. The summed E-state index contributed by atoms with van der Waals surface area (Å²) in [7, 11) is 0. The van der Waals surface area contributed by atoms with E-state index in [4.69, 9.17) is 11.6 Å². The number of nitrogens with zero attached hydrogens (tertiary/aromatic N) is 3. The molecule has 3 aromatic heterocycles. The monoisotopic (exact) mass is 310 g/mol. The van der Waals surface area contributed by atoms with Crippen LogP contribution in [0.5, 0.6) is 0 Å². The van der Waals surface area contributed by atoms with Gasteiger partial charge in [0.25, 0.3) is 0 Å². The number of hydrogen-bond acceptors (Lipinski definition) is 5. The fourth-order valence-electron chi connectivity index (χ4n) is 1.77. The summed E-state index contributed by atoms with van der Waals surface area (Å²) in [5.41, 5.74) is 1.18. The Hall–Kier alpha value is -1.11. The number of imidazole rings is 1. The third-order valence-corrected chi connectivity index (χ3v) is 5.12. The van der Waals surface area contributed by atoms with Gasteiger partial charge in [-0.1, -0.05) is 23.4 Å². The van der Waals surface area contributed by atoms with Crippen LogP contribution in [0.1, 0.15) is 16.3 Å². The molecule has 0 saturated carbocycles. The fourth-order valence-corrected chi connectivity index (χ4v) is 3.88. The highest BCUT2D eigenvalue weighted by Crippen LogP contribution is 2.33. The quantitative estimate of drug-likeness (QED) is 0.587. The average Bonchev–Trinajstić information content (AvgIpc) is 2.96. The summed E-state index contributed by atoms with van der Waals surface area (Å²) in [5.74, 6) is 1.39. The molecule has 3 rings (SSSR count). The van der Waals surface area contributed by atoms with Crippen molar-refractivity contribution >= 4 is 44.9 Å². The van der Waals surface area contributed by atoms with Gasteiger partial charge in [0.2, 0.25) is 0 Å². The van der Waals surface area contributed by atoms with Crippen LogP contribution in [0.15, 0.2) is 17.6 Å². The summed E-state index contributed by atoms with van der Waals surface area (Å²) in [6, 6.07) is 0. The van der Waals surface area contributed by atoms with Crippen LogP contribution >= 0.6 is 34.7 Å². The lowest BCUT2D eigenvalue weighted by Gasteiger charge is -2.01. The number of H-pyrrole nitrogens is 1. The number of fused-ring (bicyclic) bond motifs is 1. The van der Waals surface area contributed by atoms with Gasteiger partial charge in [0.05, 0.1) is 11.1 Å². The van der Waals surface area contributed by atoms with Gasteiger partial charge in [0.1, 0.15) is 15.8 Å². The van der Waals surface area contributed by atoms with E-state index < -0.39 is 0 Å². The topological polar surface area (TPSA) is 54.5 Å². The lowest BCUT2D eigenvalue weighted by Crippen LogP contribution is -1.93. The molecule has 0 aliphatic rings. The van der Waals surface area contributed by atoms with Crippen molar-refractivity contribution in [1.82, 2.24) is 19.9 Å². The summed E-state index contributed by atoms with van der Waals surface area (Å²) in [5, 5.41) is 2.39. The second-order valence-electron chi connectivity index (χ2n) is 4.08. The van der Waals surface area contributed by atoms with Crippen molar-refractivity contribution in [3.8, 4) is 0 Å². The van der Waals surface area contributed by atoms with E-state index in [0.29, 0.717) is 10.9 Å². The van der Waals surface area contributed by atoms with Crippen molar-refractivity contribution < 1.29 is 0 Å². The normalized spacial score (nSPS) is 11.3. The zero-order valence-corrected chi connectivity index (χ0v) is 12.8. The van der Waals surface area contributed by atoms with Crippen molar-refractivity contribution in [2.24, 2.45) is 0 Å². The van der Waals surface area contributed by atoms with Crippen LogP contribution < -0.4 is 0 Å². The van der Waals surface area contributed by atoms with Crippen LogP contribution in [-0.4, -0.2) is 19.9 Å². The highest BCUT2D eigenvalue weighted by molar-refractivity contribution is 7.98. The van der Waals surface area contributed by atoms with Crippen LogP contribution in [0, 0.1) is 13.8 Å². The summed E-state index contributed by atoms with van der Waals surface area (Å²) >= 11 is 9.49. The zero-order valence-electron chi connectivity index (χ0n) is 10.4. The number of aromatic amines is 1. The van der Waals surface area contributed by atoms with E-state index in [1.165, 1.54) is 10.4 Å². The third-order valence-electron chi connectivity index (χ3n) is 2.84. The van der Waals surface area contributed by atoms with E-state index in [9.17, 15) is 0 Å². The first kappa shape index (κ1) is 12.9. The fraction of sp³-hybridized carbons (Fsp3) is 0.250. The molecular weight excluding hydrogens is 300 g/mol. The van der Waals surface area contributed by atoms with Gasteiger partial charge in [-0.3, -0.25) is 0 Å². The molecule has 1 N–H and O–H groups in total. The Morgan fingerprint density at radius 2 is 2.21 bits per heavy atom. The smallest absolute Gasteiger partial charge is 0.165 e. The summed E-state index contributed by atoms with van der Waals surface area (Å²) in [6.07, 6.45) is 3.52. The van der Waals surface area contributed by atoms with Crippen molar-refractivity contribution in [1.29, 1.82) is 0 Å².